The van der Waals surface area contributed by atoms with Gasteiger partial charge in [0.25, 0.3) is 0 Å². The fourth-order valence-corrected chi connectivity index (χ4v) is 4.58. The van der Waals surface area contributed by atoms with Crippen LogP contribution < -0.4 is 14.8 Å². The Morgan fingerprint density at radius 2 is 1.63 bits per heavy atom. The lowest BCUT2D eigenvalue weighted by Gasteiger charge is -2.31. The van der Waals surface area contributed by atoms with Crippen molar-refractivity contribution in [1.82, 2.24) is 10.2 Å². The number of hydrogen-bond acceptors (Lipinski definition) is 4. The molecule has 0 unspecified atom stereocenters. The van der Waals surface area contributed by atoms with Crippen LogP contribution in [0.4, 0.5) is 0 Å². The molecule has 35 heavy (non-hydrogen) atoms. The summed E-state index contributed by atoms with van der Waals surface area (Å²) in [6, 6.07) is 15.4. The number of rotatable bonds is 12. The third-order valence-electron chi connectivity index (χ3n) is 6.55. The smallest absolute Gasteiger partial charge is 0.242 e. The van der Waals surface area contributed by atoms with Crippen molar-refractivity contribution in [3.63, 3.8) is 0 Å². The van der Waals surface area contributed by atoms with Crippen molar-refractivity contribution in [2.45, 2.75) is 84.3 Å². The van der Waals surface area contributed by atoms with Gasteiger partial charge in [-0.15, -0.1) is 0 Å². The van der Waals surface area contributed by atoms with Crippen LogP contribution in [0.3, 0.4) is 0 Å². The quantitative estimate of drug-likeness (QED) is 0.449. The lowest BCUT2D eigenvalue weighted by molar-refractivity contribution is -0.141. The maximum absolute atomic E-state index is 13.4. The van der Waals surface area contributed by atoms with Gasteiger partial charge in [-0.05, 0) is 63.3 Å². The zero-order valence-corrected chi connectivity index (χ0v) is 21.4. The lowest BCUT2D eigenvalue weighted by Crippen LogP contribution is -2.50. The topological polar surface area (TPSA) is 67.9 Å². The first kappa shape index (κ1) is 26.6. The molecule has 2 aromatic rings. The molecule has 3 rings (SSSR count). The minimum absolute atomic E-state index is 0.0352. The molecule has 1 saturated carbocycles. The highest BCUT2D eigenvalue weighted by Gasteiger charge is 2.28. The fraction of sp³-hybridized carbons (Fsp3) is 0.517. The third kappa shape index (κ3) is 8.01. The summed E-state index contributed by atoms with van der Waals surface area (Å²) in [5.41, 5.74) is 2.02. The second-order valence-corrected chi connectivity index (χ2v) is 9.17. The number of benzene rings is 2. The maximum atomic E-state index is 13.4. The summed E-state index contributed by atoms with van der Waals surface area (Å²) in [4.78, 5) is 28.2. The van der Waals surface area contributed by atoms with Crippen molar-refractivity contribution in [2.24, 2.45) is 0 Å². The normalized spacial score (nSPS) is 14.7. The summed E-state index contributed by atoms with van der Waals surface area (Å²) < 4.78 is 11.4. The molecular formula is C29H40N2O4. The van der Waals surface area contributed by atoms with Crippen LogP contribution >= 0.6 is 0 Å². The Hall–Kier alpha value is -3.02. The molecule has 1 aliphatic rings. The molecule has 2 aromatic carbocycles. The van der Waals surface area contributed by atoms with Crippen LogP contribution in [0.15, 0.2) is 48.5 Å². The van der Waals surface area contributed by atoms with Gasteiger partial charge in [-0.3, -0.25) is 9.59 Å². The second kappa shape index (κ2) is 13.8. The van der Waals surface area contributed by atoms with E-state index in [1.54, 1.807) is 4.90 Å². The molecule has 1 aliphatic carbocycles. The number of hydrogen-bond donors (Lipinski definition) is 1. The second-order valence-electron chi connectivity index (χ2n) is 9.17. The number of ether oxygens (including phenoxy) is 2. The molecule has 6 nitrogen and oxygen atoms in total. The van der Waals surface area contributed by atoms with E-state index < -0.39 is 6.04 Å². The maximum Gasteiger partial charge on any atom is 0.242 e. The SMILES string of the molecule is CCOc1ccc(CCC(=O)N(Cc2ccccc2)[C@@H](C)C(=O)NC2CCCCC2)cc1OCC. The fourth-order valence-electron chi connectivity index (χ4n) is 4.58. The molecule has 2 amide bonds. The van der Waals surface area contributed by atoms with Crippen molar-refractivity contribution in [2.75, 3.05) is 13.2 Å². The number of aryl methyl sites for hydroxylation is 1. The summed E-state index contributed by atoms with van der Waals surface area (Å²) >= 11 is 0. The van der Waals surface area contributed by atoms with Crippen molar-refractivity contribution in [3.05, 3.63) is 59.7 Å². The summed E-state index contributed by atoms with van der Waals surface area (Å²) in [5.74, 6) is 1.30. The van der Waals surface area contributed by atoms with Crippen LogP contribution in [-0.4, -0.2) is 42.0 Å². The van der Waals surface area contributed by atoms with Gasteiger partial charge in [-0.2, -0.15) is 0 Å². The highest BCUT2D eigenvalue weighted by molar-refractivity contribution is 5.87. The van der Waals surface area contributed by atoms with Gasteiger partial charge in [0.1, 0.15) is 6.04 Å². The minimum atomic E-state index is -0.538. The molecule has 0 aromatic heterocycles. The molecule has 6 heteroatoms. The summed E-state index contributed by atoms with van der Waals surface area (Å²) in [5, 5.41) is 3.19. The molecule has 0 spiro atoms. The van der Waals surface area contributed by atoms with E-state index in [-0.39, 0.29) is 17.9 Å². The Bertz CT molecular complexity index is 941. The molecule has 1 atom stereocenters. The predicted molar refractivity (Wildman–Crippen MR) is 139 cm³/mol. The average Bonchev–Trinajstić information content (AvgIpc) is 2.88. The van der Waals surface area contributed by atoms with Gasteiger partial charge in [0.05, 0.1) is 13.2 Å². The largest absolute Gasteiger partial charge is 0.490 e. The Labute approximate surface area is 210 Å². The van der Waals surface area contributed by atoms with Gasteiger partial charge in [0.15, 0.2) is 11.5 Å². The zero-order valence-electron chi connectivity index (χ0n) is 21.4. The summed E-state index contributed by atoms with van der Waals surface area (Å²) in [6.07, 6.45) is 6.45. The molecule has 1 fully saturated rings. The summed E-state index contributed by atoms with van der Waals surface area (Å²) in [7, 11) is 0. The van der Waals surface area contributed by atoms with E-state index in [2.05, 4.69) is 5.32 Å². The first-order valence-electron chi connectivity index (χ1n) is 13.0. The predicted octanol–water partition coefficient (Wildman–Crippen LogP) is 5.28. The monoisotopic (exact) mass is 480 g/mol. The molecular weight excluding hydrogens is 440 g/mol. The molecule has 0 saturated heterocycles. The Morgan fingerprint density at radius 1 is 0.943 bits per heavy atom. The average molecular weight is 481 g/mol. The molecule has 0 heterocycles. The number of carbonyl (C=O) groups is 2. The zero-order chi connectivity index (χ0) is 25.0. The standard InChI is InChI=1S/C29H40N2O4/c1-4-34-26-18-16-23(20-27(26)35-5-2)17-19-28(32)31(21-24-12-8-6-9-13-24)22(3)29(33)30-25-14-10-7-11-15-25/h6,8-9,12-13,16,18,20,22,25H,4-5,7,10-11,14-15,17,19,21H2,1-3H3,(H,30,33)/t22-/m0/s1. The van der Waals surface area contributed by atoms with E-state index in [1.165, 1.54) is 6.42 Å². The van der Waals surface area contributed by atoms with E-state index in [9.17, 15) is 9.59 Å². The van der Waals surface area contributed by atoms with Crippen LogP contribution in [0.1, 0.15) is 70.4 Å². The number of nitrogens with zero attached hydrogens (tertiary/aromatic N) is 1. The van der Waals surface area contributed by atoms with Crippen molar-refractivity contribution in [3.8, 4) is 11.5 Å². The number of carbonyl (C=O) groups excluding carboxylic acids is 2. The van der Waals surface area contributed by atoms with Crippen LogP contribution in [-0.2, 0) is 22.6 Å². The molecule has 0 bridgehead atoms. The molecule has 0 radical (unpaired) electrons. The third-order valence-corrected chi connectivity index (χ3v) is 6.55. The van der Waals surface area contributed by atoms with Gasteiger partial charge in [-0.25, -0.2) is 0 Å². The first-order chi connectivity index (χ1) is 17.0. The minimum Gasteiger partial charge on any atom is -0.490 e. The molecule has 190 valence electrons. The number of amides is 2. The van der Waals surface area contributed by atoms with Crippen LogP contribution in [0.5, 0.6) is 11.5 Å². The van der Waals surface area contributed by atoms with Crippen LogP contribution in [0, 0.1) is 0 Å². The van der Waals surface area contributed by atoms with E-state index in [0.717, 1.165) is 36.8 Å². The van der Waals surface area contributed by atoms with E-state index in [4.69, 9.17) is 9.47 Å². The van der Waals surface area contributed by atoms with Gasteiger partial charge < -0.3 is 19.7 Å². The van der Waals surface area contributed by atoms with Crippen molar-refractivity contribution < 1.29 is 19.1 Å². The first-order valence-corrected chi connectivity index (χ1v) is 13.0. The highest BCUT2D eigenvalue weighted by atomic mass is 16.5. The summed E-state index contributed by atoms with van der Waals surface area (Å²) in [6.45, 7) is 7.23. The van der Waals surface area contributed by atoms with Gasteiger partial charge in [0.2, 0.25) is 11.8 Å². The van der Waals surface area contributed by atoms with E-state index in [0.29, 0.717) is 44.1 Å². The lowest BCUT2D eigenvalue weighted by atomic mass is 9.95. The Morgan fingerprint density at radius 3 is 2.31 bits per heavy atom. The molecule has 1 N–H and O–H groups in total. The highest BCUT2D eigenvalue weighted by Crippen LogP contribution is 2.29. The Balaban J connectivity index is 1.70. The van der Waals surface area contributed by atoms with E-state index in [1.807, 2.05) is 69.3 Å². The Kier molecular flexibility index (Phi) is 10.5. The van der Waals surface area contributed by atoms with Crippen molar-refractivity contribution >= 4 is 11.8 Å². The van der Waals surface area contributed by atoms with Gasteiger partial charge in [-0.1, -0.05) is 55.7 Å². The van der Waals surface area contributed by atoms with Crippen molar-refractivity contribution in [1.29, 1.82) is 0 Å². The molecule has 0 aliphatic heterocycles. The van der Waals surface area contributed by atoms with Crippen LogP contribution in [0.2, 0.25) is 0 Å². The van der Waals surface area contributed by atoms with Gasteiger partial charge in [0, 0.05) is 19.0 Å². The van der Waals surface area contributed by atoms with E-state index >= 15 is 0 Å². The van der Waals surface area contributed by atoms with Gasteiger partial charge >= 0.3 is 0 Å². The number of nitrogens with one attached hydrogen (secondary N) is 1. The van der Waals surface area contributed by atoms with Crippen LogP contribution in [0.25, 0.3) is 0 Å².